The zero-order chi connectivity index (χ0) is 23.7. The second-order valence-corrected chi connectivity index (χ2v) is 10.6. The van der Waals surface area contributed by atoms with Crippen LogP contribution >= 0.6 is 0 Å². The Morgan fingerprint density at radius 2 is 1.59 bits per heavy atom. The molecule has 0 saturated carbocycles. The quantitative estimate of drug-likeness (QED) is 0.536. The van der Waals surface area contributed by atoms with Crippen LogP contribution in [-0.4, -0.2) is 41.7 Å². The van der Waals surface area contributed by atoms with Gasteiger partial charge in [-0.3, -0.25) is 14.1 Å². The van der Waals surface area contributed by atoms with Gasteiger partial charge in [0.2, 0.25) is 5.91 Å². The minimum absolute atomic E-state index is 0.0698. The lowest BCUT2D eigenvalue weighted by molar-refractivity contribution is -0.135. The van der Waals surface area contributed by atoms with E-state index in [0.29, 0.717) is 19.5 Å². The van der Waals surface area contributed by atoms with E-state index in [1.54, 1.807) is 23.3 Å². The number of aryl methyl sites for hydroxylation is 1. The number of carbonyl (C=O) groups excluding carboxylic acids is 1. The monoisotopic (exact) mass is 473 g/mol. The van der Waals surface area contributed by atoms with Crippen molar-refractivity contribution >= 4 is 15.9 Å². The van der Waals surface area contributed by atoms with Gasteiger partial charge in [0.25, 0.3) is 10.0 Å². The Labute approximate surface area is 200 Å². The van der Waals surface area contributed by atoms with Crippen molar-refractivity contribution in [1.29, 1.82) is 0 Å². The van der Waals surface area contributed by atoms with Gasteiger partial charge in [-0.2, -0.15) is 0 Å². The van der Waals surface area contributed by atoms with Crippen molar-refractivity contribution in [3.63, 3.8) is 0 Å². The molecule has 1 atom stereocenters. The van der Waals surface area contributed by atoms with Crippen LogP contribution in [0.1, 0.15) is 29.2 Å². The Bertz CT molecular complexity index is 1310. The molecule has 2 aliphatic heterocycles. The van der Waals surface area contributed by atoms with Gasteiger partial charge in [0.15, 0.2) is 0 Å². The summed E-state index contributed by atoms with van der Waals surface area (Å²) in [6.07, 6.45) is 2.22. The van der Waals surface area contributed by atoms with Crippen LogP contribution in [0.2, 0.25) is 0 Å². The van der Waals surface area contributed by atoms with Crippen molar-refractivity contribution in [3.05, 3.63) is 113 Å². The number of rotatable bonds is 6. The molecule has 2 saturated heterocycles. The number of sulfonamides is 1. The molecule has 2 fully saturated rings. The summed E-state index contributed by atoms with van der Waals surface area (Å²) < 4.78 is 29.0. The zero-order valence-electron chi connectivity index (χ0n) is 19.0. The predicted octanol–water partition coefficient (Wildman–Crippen LogP) is 4.27. The smallest absolute Gasteiger partial charge is 0.264 e. The van der Waals surface area contributed by atoms with Crippen LogP contribution < -0.4 is 0 Å². The summed E-state index contributed by atoms with van der Waals surface area (Å²) in [5, 5.41) is 3.81. The highest BCUT2D eigenvalue weighted by Gasteiger charge is 2.43. The van der Waals surface area contributed by atoms with Crippen molar-refractivity contribution in [2.24, 2.45) is 0 Å². The second kappa shape index (κ2) is 9.08. The Morgan fingerprint density at radius 1 is 0.941 bits per heavy atom. The number of hydrogen-bond acceptors (Lipinski definition) is 4. The zero-order valence-corrected chi connectivity index (χ0v) is 19.9. The van der Waals surface area contributed by atoms with E-state index in [1.807, 2.05) is 79.7 Å². The van der Waals surface area contributed by atoms with Crippen molar-refractivity contribution in [2.45, 2.75) is 30.8 Å². The summed E-state index contributed by atoms with van der Waals surface area (Å²) in [7, 11) is -3.81. The first-order valence-corrected chi connectivity index (χ1v) is 12.8. The fourth-order valence-corrected chi connectivity index (χ4v) is 5.97. The molecular weight excluding hydrogens is 446 g/mol. The number of fused-ring (bicyclic) bond motifs is 1. The number of carbonyl (C=O) groups is 1. The van der Waals surface area contributed by atoms with Crippen LogP contribution in [0.15, 0.2) is 102 Å². The third-order valence-corrected chi connectivity index (χ3v) is 8.09. The number of benzene rings is 3. The van der Waals surface area contributed by atoms with Gasteiger partial charge in [-0.15, -0.1) is 0 Å². The van der Waals surface area contributed by atoms with Crippen molar-refractivity contribution < 1.29 is 13.2 Å². The van der Waals surface area contributed by atoms with Gasteiger partial charge in [-0.25, -0.2) is 13.4 Å². The first-order chi connectivity index (χ1) is 16.4. The highest BCUT2D eigenvalue weighted by Crippen LogP contribution is 2.40. The average Bonchev–Trinajstić information content (AvgIpc) is 3.39. The van der Waals surface area contributed by atoms with Crippen LogP contribution in [0.3, 0.4) is 0 Å². The number of hydrazine groups is 1. The molecule has 0 spiro atoms. The predicted molar refractivity (Wildman–Crippen MR) is 131 cm³/mol. The Hall–Kier alpha value is -3.42. The molecule has 0 aromatic heterocycles. The molecule has 6 nitrogen and oxygen atoms in total. The highest BCUT2D eigenvalue weighted by molar-refractivity contribution is 7.89. The molecule has 2 aliphatic rings. The Kier molecular flexibility index (Phi) is 5.98. The van der Waals surface area contributed by atoms with Crippen LogP contribution in [0, 0.1) is 6.92 Å². The van der Waals surface area contributed by atoms with E-state index in [-0.39, 0.29) is 23.4 Å². The average molecular weight is 474 g/mol. The molecule has 5 rings (SSSR count). The highest BCUT2D eigenvalue weighted by atomic mass is 32.2. The standard InChI is InChI=1S/C27H27N3O3S/c1-21-12-14-25(15-13-21)34(32,33)28(18-22-8-4-2-5-9-22)19-24-20-30-26(31)16-17-29(30)27(24)23-10-6-3-7-11-23/h2-15,19,27H,16-18,20H2,1H3/b24-19-. The van der Waals surface area contributed by atoms with E-state index in [0.717, 1.165) is 22.3 Å². The fraction of sp³-hybridized carbons (Fsp3) is 0.222. The van der Waals surface area contributed by atoms with E-state index in [1.165, 1.54) is 4.31 Å². The van der Waals surface area contributed by atoms with Gasteiger partial charge < -0.3 is 0 Å². The molecule has 1 unspecified atom stereocenters. The minimum Gasteiger partial charge on any atom is -0.273 e. The van der Waals surface area contributed by atoms with E-state index < -0.39 is 10.0 Å². The molecule has 0 bridgehead atoms. The molecule has 0 aliphatic carbocycles. The lowest BCUT2D eigenvalue weighted by Crippen LogP contribution is -2.33. The topological polar surface area (TPSA) is 60.9 Å². The summed E-state index contributed by atoms with van der Waals surface area (Å²) in [6.45, 7) is 3.14. The summed E-state index contributed by atoms with van der Waals surface area (Å²) >= 11 is 0. The maximum atomic E-state index is 13.8. The number of nitrogens with zero attached hydrogens (tertiary/aromatic N) is 3. The molecular formula is C27H27N3O3S. The first-order valence-electron chi connectivity index (χ1n) is 11.4. The van der Waals surface area contributed by atoms with Crippen molar-refractivity contribution in [1.82, 2.24) is 14.3 Å². The summed E-state index contributed by atoms with van der Waals surface area (Å²) in [5.74, 6) is 0.0698. The van der Waals surface area contributed by atoms with E-state index >= 15 is 0 Å². The molecule has 34 heavy (non-hydrogen) atoms. The lowest BCUT2D eigenvalue weighted by atomic mass is 10.00. The summed E-state index contributed by atoms with van der Waals surface area (Å²) in [4.78, 5) is 12.8. The van der Waals surface area contributed by atoms with E-state index in [2.05, 4.69) is 5.01 Å². The molecule has 0 N–H and O–H groups in total. The second-order valence-electron chi connectivity index (χ2n) is 8.73. The maximum absolute atomic E-state index is 13.8. The minimum atomic E-state index is -3.81. The fourth-order valence-electron chi connectivity index (χ4n) is 4.63. The van der Waals surface area contributed by atoms with Crippen LogP contribution in [0.4, 0.5) is 0 Å². The van der Waals surface area contributed by atoms with Crippen molar-refractivity contribution in [3.8, 4) is 0 Å². The molecule has 7 heteroatoms. The number of amides is 1. The third-order valence-electron chi connectivity index (χ3n) is 6.37. The molecule has 174 valence electrons. The molecule has 1 amide bonds. The van der Waals surface area contributed by atoms with Crippen LogP contribution in [-0.2, 0) is 21.4 Å². The van der Waals surface area contributed by atoms with Gasteiger partial charge in [0.1, 0.15) is 0 Å². The van der Waals surface area contributed by atoms with Gasteiger partial charge >= 0.3 is 0 Å². The Balaban J connectivity index is 1.59. The summed E-state index contributed by atoms with van der Waals surface area (Å²) in [5.41, 5.74) is 3.81. The molecule has 2 heterocycles. The van der Waals surface area contributed by atoms with Crippen LogP contribution in [0.5, 0.6) is 0 Å². The first kappa shape index (κ1) is 22.4. The van der Waals surface area contributed by atoms with E-state index in [9.17, 15) is 13.2 Å². The molecule has 0 radical (unpaired) electrons. The Morgan fingerprint density at radius 3 is 2.26 bits per heavy atom. The summed E-state index contributed by atoms with van der Waals surface area (Å²) in [6, 6.07) is 26.3. The SMILES string of the molecule is Cc1ccc(S(=O)(=O)N(/C=C2/CN3C(=O)CCN3C2c2ccccc2)Cc2ccccc2)cc1. The number of hydrogen-bond donors (Lipinski definition) is 0. The normalized spacial score (nSPS) is 19.6. The van der Waals surface area contributed by atoms with Gasteiger partial charge in [-0.1, -0.05) is 78.4 Å². The van der Waals surface area contributed by atoms with Crippen molar-refractivity contribution in [2.75, 3.05) is 13.1 Å². The lowest BCUT2D eigenvalue weighted by Gasteiger charge is -2.26. The van der Waals surface area contributed by atoms with Gasteiger partial charge in [0.05, 0.1) is 24.0 Å². The molecule has 3 aromatic rings. The van der Waals surface area contributed by atoms with Crippen LogP contribution in [0.25, 0.3) is 0 Å². The van der Waals surface area contributed by atoms with E-state index in [4.69, 9.17) is 0 Å². The van der Waals surface area contributed by atoms with Gasteiger partial charge in [-0.05, 0) is 35.8 Å². The largest absolute Gasteiger partial charge is 0.273 e. The van der Waals surface area contributed by atoms with Gasteiger partial charge in [0, 0.05) is 19.2 Å². The maximum Gasteiger partial charge on any atom is 0.264 e. The molecule has 3 aromatic carbocycles. The third kappa shape index (κ3) is 4.24.